The first-order valence-electron chi connectivity index (χ1n) is 10.5. The number of hydrogen-bond acceptors (Lipinski definition) is 3. The van der Waals surface area contributed by atoms with Gasteiger partial charge in [-0.05, 0) is 54.7 Å². The number of rotatable bonds is 10. The molecule has 160 valence electrons. The number of hydrogen-bond donors (Lipinski definition) is 1. The Morgan fingerprint density at radius 1 is 1.23 bits per heavy atom. The Morgan fingerprint density at radius 3 is 2.74 bits per heavy atom. The first-order chi connectivity index (χ1) is 15.1. The molecule has 1 aromatic heterocycles. The predicted octanol–water partition coefficient (Wildman–Crippen LogP) is 4.68. The van der Waals surface area contributed by atoms with Crippen LogP contribution in [0, 0.1) is 6.92 Å². The van der Waals surface area contributed by atoms with Gasteiger partial charge < -0.3 is 14.6 Å². The standard InChI is InChI=1S/C26H29N3O2/c1-4-16-31-25-17-21(10-12-24(25)29-18-20(3)28-19-29)11-13-26(30)27-15-14-23-9-7-6-8-22(23)5-2/h4,6-13,17-19H,1,5,14-16H2,2-3H3,(H,27,30)/b13-11+. The zero-order chi connectivity index (χ0) is 22.1. The maximum Gasteiger partial charge on any atom is 0.244 e. The van der Waals surface area contributed by atoms with Gasteiger partial charge in [-0.1, -0.05) is 49.9 Å². The van der Waals surface area contributed by atoms with Crippen LogP contribution in [-0.2, 0) is 17.6 Å². The Morgan fingerprint density at radius 2 is 2.03 bits per heavy atom. The second-order valence-corrected chi connectivity index (χ2v) is 7.25. The molecule has 0 spiro atoms. The van der Waals surface area contributed by atoms with Gasteiger partial charge in [0.1, 0.15) is 12.4 Å². The highest BCUT2D eigenvalue weighted by atomic mass is 16.5. The van der Waals surface area contributed by atoms with Gasteiger partial charge in [-0.3, -0.25) is 4.79 Å². The van der Waals surface area contributed by atoms with Gasteiger partial charge in [0.15, 0.2) is 0 Å². The molecule has 0 saturated heterocycles. The van der Waals surface area contributed by atoms with Gasteiger partial charge in [-0.2, -0.15) is 0 Å². The van der Waals surface area contributed by atoms with Crippen LogP contribution >= 0.6 is 0 Å². The lowest BCUT2D eigenvalue weighted by molar-refractivity contribution is -0.116. The molecule has 3 aromatic rings. The fourth-order valence-electron chi connectivity index (χ4n) is 3.36. The van der Waals surface area contributed by atoms with Crippen LogP contribution in [-0.4, -0.2) is 28.6 Å². The van der Waals surface area contributed by atoms with E-state index < -0.39 is 0 Å². The molecule has 31 heavy (non-hydrogen) atoms. The number of benzene rings is 2. The summed E-state index contributed by atoms with van der Waals surface area (Å²) in [5.41, 5.74) is 5.30. The fraction of sp³-hybridized carbons (Fsp3) is 0.231. The van der Waals surface area contributed by atoms with E-state index in [0.29, 0.717) is 18.9 Å². The van der Waals surface area contributed by atoms with Crippen LogP contribution in [0.5, 0.6) is 5.75 Å². The Labute approximate surface area is 184 Å². The number of carbonyl (C=O) groups is 1. The molecular weight excluding hydrogens is 386 g/mol. The van der Waals surface area contributed by atoms with E-state index in [-0.39, 0.29) is 5.91 Å². The van der Waals surface area contributed by atoms with Crippen molar-refractivity contribution >= 4 is 12.0 Å². The van der Waals surface area contributed by atoms with Gasteiger partial charge in [0, 0.05) is 18.8 Å². The van der Waals surface area contributed by atoms with Crippen molar-refractivity contribution in [3.8, 4) is 11.4 Å². The first-order valence-corrected chi connectivity index (χ1v) is 10.5. The normalized spacial score (nSPS) is 10.9. The minimum atomic E-state index is -0.114. The highest BCUT2D eigenvalue weighted by molar-refractivity contribution is 5.91. The topological polar surface area (TPSA) is 56.1 Å². The summed E-state index contributed by atoms with van der Waals surface area (Å²) in [6, 6.07) is 14.2. The molecule has 5 heteroatoms. The third kappa shape index (κ3) is 6.19. The van der Waals surface area contributed by atoms with Crippen LogP contribution in [0.15, 0.2) is 73.7 Å². The number of amides is 1. The van der Waals surface area contributed by atoms with E-state index in [1.165, 1.54) is 11.1 Å². The van der Waals surface area contributed by atoms with E-state index in [0.717, 1.165) is 29.8 Å². The van der Waals surface area contributed by atoms with Crippen molar-refractivity contribution in [2.24, 2.45) is 0 Å². The van der Waals surface area contributed by atoms with Gasteiger partial charge >= 0.3 is 0 Å². The molecule has 0 unspecified atom stereocenters. The summed E-state index contributed by atoms with van der Waals surface area (Å²) in [4.78, 5) is 16.5. The van der Waals surface area contributed by atoms with Gasteiger partial charge in [0.2, 0.25) is 5.91 Å². The Balaban J connectivity index is 1.64. The molecule has 0 radical (unpaired) electrons. The maximum atomic E-state index is 12.3. The minimum absolute atomic E-state index is 0.114. The number of nitrogens with one attached hydrogen (secondary N) is 1. The zero-order valence-electron chi connectivity index (χ0n) is 18.2. The summed E-state index contributed by atoms with van der Waals surface area (Å²) in [5.74, 6) is 0.591. The minimum Gasteiger partial charge on any atom is -0.487 e. The molecule has 2 aromatic carbocycles. The van der Waals surface area contributed by atoms with Gasteiger partial charge in [-0.25, -0.2) is 4.98 Å². The number of aromatic nitrogens is 2. The third-order valence-corrected chi connectivity index (χ3v) is 4.95. The van der Waals surface area contributed by atoms with E-state index in [4.69, 9.17) is 4.74 Å². The van der Waals surface area contributed by atoms with E-state index in [9.17, 15) is 4.79 Å². The second kappa shape index (κ2) is 11.0. The lowest BCUT2D eigenvalue weighted by atomic mass is 10.0. The summed E-state index contributed by atoms with van der Waals surface area (Å²) < 4.78 is 7.75. The molecule has 0 fully saturated rings. The van der Waals surface area contributed by atoms with Crippen LogP contribution in [0.1, 0.15) is 29.3 Å². The molecule has 1 heterocycles. The lowest BCUT2D eigenvalue weighted by Crippen LogP contribution is -2.23. The number of carbonyl (C=O) groups excluding carboxylic acids is 1. The molecule has 1 N–H and O–H groups in total. The summed E-state index contributed by atoms with van der Waals surface area (Å²) in [6.07, 6.45) is 10.6. The monoisotopic (exact) mass is 415 g/mol. The van der Waals surface area contributed by atoms with Crippen molar-refractivity contribution in [2.75, 3.05) is 13.2 Å². The van der Waals surface area contributed by atoms with Crippen LogP contribution in [0.25, 0.3) is 11.8 Å². The zero-order valence-corrected chi connectivity index (χ0v) is 18.2. The summed E-state index contributed by atoms with van der Waals surface area (Å²) >= 11 is 0. The van der Waals surface area contributed by atoms with Gasteiger partial charge in [0.05, 0.1) is 17.7 Å². The number of nitrogens with zero attached hydrogens (tertiary/aromatic N) is 2. The van der Waals surface area contributed by atoms with Crippen molar-refractivity contribution in [1.82, 2.24) is 14.9 Å². The summed E-state index contributed by atoms with van der Waals surface area (Å²) in [7, 11) is 0. The summed E-state index contributed by atoms with van der Waals surface area (Å²) in [5, 5.41) is 2.96. The summed E-state index contributed by atoms with van der Waals surface area (Å²) in [6.45, 7) is 8.80. The molecule has 0 saturated carbocycles. The molecule has 0 bridgehead atoms. The molecular formula is C26H29N3O2. The average molecular weight is 416 g/mol. The molecule has 0 atom stereocenters. The van der Waals surface area contributed by atoms with Crippen LogP contribution < -0.4 is 10.1 Å². The average Bonchev–Trinajstić information content (AvgIpc) is 3.22. The third-order valence-electron chi connectivity index (χ3n) is 4.95. The van der Waals surface area contributed by atoms with E-state index in [1.807, 2.05) is 42.0 Å². The number of ether oxygens (including phenoxy) is 1. The SMILES string of the molecule is C=CCOc1cc(/C=C/C(=O)NCCc2ccccc2CC)ccc1-n1cnc(C)c1. The van der Waals surface area contributed by atoms with Crippen molar-refractivity contribution in [3.63, 3.8) is 0 Å². The van der Waals surface area contributed by atoms with Crippen molar-refractivity contribution in [1.29, 1.82) is 0 Å². The fourth-order valence-corrected chi connectivity index (χ4v) is 3.36. The largest absolute Gasteiger partial charge is 0.487 e. The molecule has 3 rings (SSSR count). The molecule has 5 nitrogen and oxygen atoms in total. The quantitative estimate of drug-likeness (QED) is 0.386. The number of aryl methyl sites for hydroxylation is 2. The van der Waals surface area contributed by atoms with Crippen LogP contribution in [0.4, 0.5) is 0 Å². The smallest absolute Gasteiger partial charge is 0.244 e. The van der Waals surface area contributed by atoms with Crippen LogP contribution in [0.2, 0.25) is 0 Å². The van der Waals surface area contributed by atoms with Crippen molar-refractivity contribution in [3.05, 3.63) is 96.1 Å². The highest BCUT2D eigenvalue weighted by Gasteiger charge is 2.08. The van der Waals surface area contributed by atoms with E-state index in [2.05, 4.69) is 42.0 Å². The van der Waals surface area contributed by atoms with Gasteiger partial charge in [0.25, 0.3) is 0 Å². The van der Waals surface area contributed by atoms with Gasteiger partial charge in [-0.15, -0.1) is 0 Å². The Hall–Kier alpha value is -3.60. The Bertz CT molecular complexity index is 1070. The number of imidazole rings is 1. The first kappa shape index (κ1) is 22.1. The van der Waals surface area contributed by atoms with Crippen LogP contribution in [0.3, 0.4) is 0 Å². The Kier molecular flexibility index (Phi) is 7.82. The maximum absolute atomic E-state index is 12.3. The van der Waals surface area contributed by atoms with Crippen molar-refractivity contribution in [2.45, 2.75) is 26.7 Å². The molecule has 1 amide bonds. The molecule has 0 aliphatic carbocycles. The predicted molar refractivity (Wildman–Crippen MR) is 126 cm³/mol. The lowest BCUT2D eigenvalue weighted by Gasteiger charge is -2.12. The van der Waals surface area contributed by atoms with E-state index >= 15 is 0 Å². The van der Waals surface area contributed by atoms with E-state index in [1.54, 1.807) is 24.6 Å². The van der Waals surface area contributed by atoms with Crippen molar-refractivity contribution < 1.29 is 9.53 Å². The molecule has 0 aliphatic rings. The second-order valence-electron chi connectivity index (χ2n) is 7.25. The molecule has 0 aliphatic heterocycles. The highest BCUT2D eigenvalue weighted by Crippen LogP contribution is 2.25.